The van der Waals surface area contributed by atoms with Crippen LogP contribution in [0.5, 0.6) is 0 Å². The fraction of sp³-hybridized carbons (Fsp3) is 0.550. The minimum Gasteiger partial charge on any atom is -0.337 e. The van der Waals surface area contributed by atoms with Crippen LogP contribution >= 0.6 is 0 Å². The standard InChI is InChI=1S/C20H25F3N2O/c21-20(22,23)18-9-5-4-8-17(18)15-25-13-12-24(11-10-19(25)26)14-16-6-2-1-3-7-16/h1-2,4-5,8-9,16H,3,6-7,10-15H2. The van der Waals surface area contributed by atoms with Gasteiger partial charge in [-0.3, -0.25) is 4.79 Å². The van der Waals surface area contributed by atoms with Crippen LogP contribution in [0, 0.1) is 5.92 Å². The molecule has 0 radical (unpaired) electrons. The third-order valence-electron chi connectivity index (χ3n) is 5.26. The van der Waals surface area contributed by atoms with Gasteiger partial charge in [-0.1, -0.05) is 30.4 Å². The van der Waals surface area contributed by atoms with E-state index >= 15 is 0 Å². The molecule has 1 unspecified atom stereocenters. The summed E-state index contributed by atoms with van der Waals surface area (Å²) in [6, 6.07) is 5.53. The molecule has 1 amide bonds. The van der Waals surface area contributed by atoms with Crippen LogP contribution in [-0.2, 0) is 17.5 Å². The third-order valence-corrected chi connectivity index (χ3v) is 5.26. The number of hydrogen-bond donors (Lipinski definition) is 0. The van der Waals surface area contributed by atoms with Crippen LogP contribution in [0.4, 0.5) is 13.2 Å². The van der Waals surface area contributed by atoms with Crippen molar-refractivity contribution >= 4 is 5.91 Å². The molecule has 142 valence electrons. The monoisotopic (exact) mass is 366 g/mol. The SMILES string of the molecule is O=C1CCN(CC2CC=CCC2)CCN1Cc1ccccc1C(F)(F)F. The van der Waals surface area contributed by atoms with E-state index in [1.807, 2.05) is 0 Å². The number of nitrogens with zero attached hydrogens (tertiary/aromatic N) is 2. The Labute approximate surface area is 152 Å². The summed E-state index contributed by atoms with van der Waals surface area (Å²) in [5.74, 6) is 0.556. The quantitative estimate of drug-likeness (QED) is 0.749. The molecule has 2 aliphatic rings. The Morgan fingerprint density at radius 2 is 1.88 bits per heavy atom. The summed E-state index contributed by atoms with van der Waals surface area (Å²) >= 11 is 0. The molecule has 0 N–H and O–H groups in total. The number of carbonyl (C=O) groups excluding carboxylic acids is 1. The van der Waals surface area contributed by atoms with Crippen molar-refractivity contribution in [2.45, 2.75) is 38.4 Å². The van der Waals surface area contributed by atoms with Crippen LogP contribution < -0.4 is 0 Å². The second kappa shape index (κ2) is 8.25. The van der Waals surface area contributed by atoms with Crippen molar-refractivity contribution in [2.24, 2.45) is 5.92 Å². The zero-order chi connectivity index (χ0) is 18.6. The van der Waals surface area contributed by atoms with Crippen LogP contribution in [0.2, 0.25) is 0 Å². The van der Waals surface area contributed by atoms with E-state index in [-0.39, 0.29) is 18.0 Å². The first-order valence-corrected chi connectivity index (χ1v) is 9.23. The first kappa shape index (κ1) is 19.0. The minimum absolute atomic E-state index is 0.0223. The van der Waals surface area contributed by atoms with E-state index in [1.165, 1.54) is 18.6 Å². The fourth-order valence-corrected chi connectivity index (χ4v) is 3.79. The Kier molecular flexibility index (Phi) is 6.01. The van der Waals surface area contributed by atoms with Gasteiger partial charge in [-0.25, -0.2) is 0 Å². The molecule has 0 aromatic heterocycles. The lowest BCUT2D eigenvalue weighted by Crippen LogP contribution is -2.35. The van der Waals surface area contributed by atoms with E-state index in [2.05, 4.69) is 17.1 Å². The number of rotatable bonds is 4. The average Bonchev–Trinajstić information content (AvgIpc) is 2.78. The molecular weight excluding hydrogens is 341 g/mol. The summed E-state index contributed by atoms with van der Waals surface area (Å²) < 4.78 is 39.6. The average molecular weight is 366 g/mol. The smallest absolute Gasteiger partial charge is 0.337 e. The summed E-state index contributed by atoms with van der Waals surface area (Å²) in [5, 5.41) is 0. The number of amides is 1. The second-order valence-corrected chi connectivity index (χ2v) is 7.17. The molecule has 1 aromatic rings. The molecular formula is C20H25F3N2O. The summed E-state index contributed by atoms with van der Waals surface area (Å²) in [4.78, 5) is 16.3. The maximum absolute atomic E-state index is 13.2. The molecule has 0 saturated carbocycles. The zero-order valence-electron chi connectivity index (χ0n) is 14.8. The zero-order valence-corrected chi connectivity index (χ0v) is 14.8. The molecule has 3 nitrogen and oxygen atoms in total. The summed E-state index contributed by atoms with van der Waals surface area (Å²) in [6.45, 7) is 2.88. The molecule has 0 bridgehead atoms. The maximum atomic E-state index is 13.2. The Morgan fingerprint density at radius 1 is 1.08 bits per heavy atom. The van der Waals surface area contributed by atoms with Crippen LogP contribution in [0.3, 0.4) is 0 Å². The number of halogens is 3. The van der Waals surface area contributed by atoms with Gasteiger partial charge in [0.25, 0.3) is 0 Å². The van der Waals surface area contributed by atoms with E-state index in [4.69, 9.17) is 0 Å². The van der Waals surface area contributed by atoms with Crippen molar-refractivity contribution in [2.75, 3.05) is 26.2 Å². The molecule has 1 saturated heterocycles. The number of hydrogen-bond acceptors (Lipinski definition) is 2. The van der Waals surface area contributed by atoms with E-state index in [9.17, 15) is 18.0 Å². The Bertz CT molecular complexity index is 657. The van der Waals surface area contributed by atoms with E-state index in [0.717, 1.165) is 32.0 Å². The Balaban J connectivity index is 1.63. The largest absolute Gasteiger partial charge is 0.416 e. The maximum Gasteiger partial charge on any atom is 0.416 e. The van der Waals surface area contributed by atoms with Gasteiger partial charge in [-0.2, -0.15) is 13.2 Å². The van der Waals surface area contributed by atoms with Gasteiger partial charge in [0, 0.05) is 39.1 Å². The highest BCUT2D eigenvalue weighted by molar-refractivity contribution is 5.76. The van der Waals surface area contributed by atoms with E-state index in [1.54, 1.807) is 11.0 Å². The minimum atomic E-state index is -4.40. The molecule has 6 heteroatoms. The van der Waals surface area contributed by atoms with Crippen molar-refractivity contribution in [1.29, 1.82) is 0 Å². The summed E-state index contributed by atoms with van der Waals surface area (Å²) in [5.41, 5.74) is -0.484. The molecule has 1 atom stereocenters. The number of allylic oxidation sites excluding steroid dienone is 2. The van der Waals surface area contributed by atoms with Gasteiger partial charge < -0.3 is 9.80 Å². The van der Waals surface area contributed by atoms with E-state index in [0.29, 0.717) is 25.4 Å². The highest BCUT2D eigenvalue weighted by Gasteiger charge is 2.34. The lowest BCUT2D eigenvalue weighted by molar-refractivity contribution is -0.139. The van der Waals surface area contributed by atoms with Crippen molar-refractivity contribution < 1.29 is 18.0 Å². The van der Waals surface area contributed by atoms with E-state index < -0.39 is 11.7 Å². The first-order valence-electron chi connectivity index (χ1n) is 9.23. The lowest BCUT2D eigenvalue weighted by Gasteiger charge is -2.27. The summed E-state index contributed by atoms with van der Waals surface area (Å²) in [6.07, 6.45) is 3.76. The van der Waals surface area contributed by atoms with Gasteiger partial charge in [0.05, 0.1) is 5.56 Å². The molecule has 26 heavy (non-hydrogen) atoms. The summed E-state index contributed by atoms with van der Waals surface area (Å²) in [7, 11) is 0. The number of alkyl halides is 3. The predicted octanol–water partition coefficient (Wildman–Crippen LogP) is 4.10. The van der Waals surface area contributed by atoms with Crippen LogP contribution in [-0.4, -0.2) is 41.9 Å². The second-order valence-electron chi connectivity index (χ2n) is 7.17. The fourth-order valence-electron chi connectivity index (χ4n) is 3.79. The van der Waals surface area contributed by atoms with Crippen molar-refractivity contribution in [3.63, 3.8) is 0 Å². The highest BCUT2D eigenvalue weighted by Crippen LogP contribution is 2.32. The number of benzene rings is 1. The van der Waals surface area contributed by atoms with Gasteiger partial charge >= 0.3 is 6.18 Å². The van der Waals surface area contributed by atoms with Crippen LogP contribution in [0.15, 0.2) is 36.4 Å². The van der Waals surface area contributed by atoms with Crippen molar-refractivity contribution in [3.8, 4) is 0 Å². The Hall–Kier alpha value is -1.82. The predicted molar refractivity (Wildman–Crippen MR) is 94.4 cm³/mol. The van der Waals surface area contributed by atoms with Gasteiger partial charge in [0.15, 0.2) is 0 Å². The normalized spacial score (nSPS) is 22.5. The lowest BCUT2D eigenvalue weighted by atomic mass is 9.94. The molecule has 1 aliphatic carbocycles. The number of carbonyl (C=O) groups is 1. The van der Waals surface area contributed by atoms with Gasteiger partial charge in [-0.05, 0) is 36.8 Å². The van der Waals surface area contributed by atoms with Crippen molar-refractivity contribution in [3.05, 3.63) is 47.5 Å². The molecule has 1 aromatic carbocycles. The third kappa shape index (κ3) is 4.87. The Morgan fingerprint density at radius 3 is 2.62 bits per heavy atom. The molecule has 1 heterocycles. The van der Waals surface area contributed by atoms with Gasteiger partial charge in [-0.15, -0.1) is 0 Å². The molecule has 0 spiro atoms. The van der Waals surface area contributed by atoms with Crippen LogP contribution in [0.1, 0.15) is 36.8 Å². The van der Waals surface area contributed by atoms with Gasteiger partial charge in [0.1, 0.15) is 0 Å². The highest BCUT2D eigenvalue weighted by atomic mass is 19.4. The van der Waals surface area contributed by atoms with Crippen LogP contribution in [0.25, 0.3) is 0 Å². The topological polar surface area (TPSA) is 23.6 Å². The molecule has 3 rings (SSSR count). The first-order chi connectivity index (χ1) is 12.4. The van der Waals surface area contributed by atoms with Gasteiger partial charge in [0.2, 0.25) is 5.91 Å². The molecule has 1 aliphatic heterocycles. The molecule has 1 fully saturated rings. The van der Waals surface area contributed by atoms with Crippen molar-refractivity contribution in [1.82, 2.24) is 9.80 Å².